The highest BCUT2D eigenvalue weighted by Crippen LogP contribution is 2.15. The highest BCUT2D eigenvalue weighted by molar-refractivity contribution is 7.98. The number of amidine groups is 1. The Balaban J connectivity index is 2.82. The fourth-order valence-electron chi connectivity index (χ4n) is 1.47. The molecule has 1 N–H and O–H groups in total. The van der Waals surface area contributed by atoms with Crippen molar-refractivity contribution < 1.29 is 0 Å². The molecule has 0 saturated carbocycles. The Kier molecular flexibility index (Phi) is 4.69. The Bertz CT molecular complexity index is 315. The Morgan fingerprint density at radius 1 is 1.20 bits per heavy atom. The summed E-state index contributed by atoms with van der Waals surface area (Å²) in [6.45, 7) is 5.93. The van der Waals surface area contributed by atoms with Gasteiger partial charge in [-0.15, -0.1) is 11.8 Å². The van der Waals surface area contributed by atoms with E-state index in [0.717, 1.165) is 18.7 Å². The first kappa shape index (κ1) is 12.1. The van der Waals surface area contributed by atoms with Gasteiger partial charge in [0.25, 0.3) is 0 Å². The van der Waals surface area contributed by atoms with Crippen molar-refractivity contribution in [2.75, 3.05) is 19.3 Å². The van der Waals surface area contributed by atoms with Crippen LogP contribution in [0.1, 0.15) is 19.4 Å². The van der Waals surface area contributed by atoms with Gasteiger partial charge in [0, 0.05) is 23.5 Å². The van der Waals surface area contributed by atoms with Crippen molar-refractivity contribution in [1.82, 2.24) is 4.90 Å². The average molecular weight is 222 g/mol. The summed E-state index contributed by atoms with van der Waals surface area (Å²) in [7, 11) is 0. The molecule has 0 aliphatic rings. The Labute approximate surface area is 96.2 Å². The van der Waals surface area contributed by atoms with Crippen molar-refractivity contribution in [2.24, 2.45) is 0 Å². The second-order valence-electron chi connectivity index (χ2n) is 3.25. The molecule has 1 rings (SSSR count). The zero-order valence-corrected chi connectivity index (χ0v) is 10.4. The van der Waals surface area contributed by atoms with Gasteiger partial charge < -0.3 is 4.90 Å². The fourth-order valence-corrected chi connectivity index (χ4v) is 1.88. The van der Waals surface area contributed by atoms with Gasteiger partial charge in [0.1, 0.15) is 5.84 Å². The van der Waals surface area contributed by atoms with Crippen LogP contribution in [-0.2, 0) is 0 Å². The van der Waals surface area contributed by atoms with Crippen molar-refractivity contribution in [3.05, 3.63) is 29.8 Å². The van der Waals surface area contributed by atoms with Crippen LogP contribution in [0.15, 0.2) is 29.2 Å². The standard InChI is InChI=1S/C12H18N2S/c1-4-14(5-2)12(13)10-6-8-11(15-3)9-7-10/h6-9,13H,4-5H2,1-3H3. The summed E-state index contributed by atoms with van der Waals surface area (Å²) in [6.07, 6.45) is 2.06. The van der Waals surface area contributed by atoms with Gasteiger partial charge in [-0.2, -0.15) is 0 Å². The lowest BCUT2D eigenvalue weighted by molar-refractivity contribution is 0.463. The van der Waals surface area contributed by atoms with E-state index in [9.17, 15) is 0 Å². The molecule has 0 atom stereocenters. The van der Waals surface area contributed by atoms with E-state index in [-0.39, 0.29) is 0 Å². The van der Waals surface area contributed by atoms with Crippen molar-refractivity contribution in [1.29, 1.82) is 5.41 Å². The molecule has 1 aromatic carbocycles. The Morgan fingerprint density at radius 2 is 1.73 bits per heavy atom. The van der Waals surface area contributed by atoms with E-state index < -0.39 is 0 Å². The molecule has 0 bridgehead atoms. The second-order valence-corrected chi connectivity index (χ2v) is 4.13. The second kappa shape index (κ2) is 5.81. The summed E-state index contributed by atoms with van der Waals surface area (Å²) in [6, 6.07) is 8.18. The minimum absolute atomic E-state index is 0.618. The number of rotatable bonds is 4. The first-order valence-corrected chi connectivity index (χ1v) is 6.43. The zero-order valence-electron chi connectivity index (χ0n) is 9.58. The molecule has 0 aromatic heterocycles. The van der Waals surface area contributed by atoms with Crippen molar-refractivity contribution in [3.63, 3.8) is 0 Å². The molecule has 0 aliphatic carbocycles. The summed E-state index contributed by atoms with van der Waals surface area (Å²) >= 11 is 1.73. The van der Waals surface area contributed by atoms with Crippen molar-refractivity contribution in [3.8, 4) is 0 Å². The van der Waals surface area contributed by atoms with Gasteiger partial charge in [-0.1, -0.05) is 12.1 Å². The first-order chi connectivity index (χ1) is 7.22. The van der Waals surface area contributed by atoms with Gasteiger partial charge in [0.15, 0.2) is 0 Å². The molecule has 0 amide bonds. The summed E-state index contributed by atoms with van der Waals surface area (Å²) in [5, 5.41) is 8.03. The average Bonchev–Trinajstić information content (AvgIpc) is 2.30. The molecule has 0 saturated heterocycles. The van der Waals surface area contributed by atoms with E-state index >= 15 is 0 Å². The van der Waals surface area contributed by atoms with E-state index in [2.05, 4.69) is 32.2 Å². The number of hydrogen-bond acceptors (Lipinski definition) is 2. The predicted octanol–water partition coefficient (Wildman–Crippen LogP) is 3.08. The van der Waals surface area contributed by atoms with Crippen LogP contribution < -0.4 is 0 Å². The molecule has 3 heteroatoms. The molecule has 82 valence electrons. The van der Waals surface area contributed by atoms with Crippen LogP contribution in [0, 0.1) is 5.41 Å². The third kappa shape index (κ3) is 2.99. The van der Waals surface area contributed by atoms with Gasteiger partial charge in [-0.05, 0) is 32.2 Å². The molecule has 1 aromatic rings. The maximum atomic E-state index is 8.03. The summed E-state index contributed by atoms with van der Waals surface area (Å²) in [5.41, 5.74) is 0.997. The fraction of sp³-hybridized carbons (Fsp3) is 0.417. The number of nitrogens with one attached hydrogen (secondary N) is 1. The molecule has 0 radical (unpaired) electrons. The maximum absolute atomic E-state index is 8.03. The van der Waals surface area contributed by atoms with Crippen LogP contribution in [0.25, 0.3) is 0 Å². The molecule has 2 nitrogen and oxygen atoms in total. The van der Waals surface area contributed by atoms with Gasteiger partial charge in [-0.3, -0.25) is 5.41 Å². The monoisotopic (exact) mass is 222 g/mol. The van der Waals surface area contributed by atoms with Crippen LogP contribution in [0.4, 0.5) is 0 Å². The molecular weight excluding hydrogens is 204 g/mol. The third-order valence-electron chi connectivity index (χ3n) is 2.44. The van der Waals surface area contributed by atoms with Crippen LogP contribution in [-0.4, -0.2) is 30.1 Å². The minimum atomic E-state index is 0.618. The van der Waals surface area contributed by atoms with Gasteiger partial charge in [-0.25, -0.2) is 0 Å². The number of benzene rings is 1. The van der Waals surface area contributed by atoms with E-state index in [1.807, 2.05) is 17.0 Å². The summed E-state index contributed by atoms with van der Waals surface area (Å²) in [4.78, 5) is 3.29. The van der Waals surface area contributed by atoms with E-state index in [4.69, 9.17) is 5.41 Å². The van der Waals surface area contributed by atoms with Crippen LogP contribution in [0.2, 0.25) is 0 Å². The molecule has 0 unspecified atom stereocenters. The lowest BCUT2D eigenvalue weighted by Gasteiger charge is -2.21. The third-order valence-corrected chi connectivity index (χ3v) is 3.19. The highest BCUT2D eigenvalue weighted by Gasteiger charge is 2.07. The molecule has 0 spiro atoms. The molecule has 0 heterocycles. The van der Waals surface area contributed by atoms with Crippen molar-refractivity contribution >= 4 is 17.6 Å². The Hall–Kier alpha value is -0.960. The van der Waals surface area contributed by atoms with Gasteiger partial charge in [0.2, 0.25) is 0 Å². The van der Waals surface area contributed by atoms with E-state index in [0.29, 0.717) is 5.84 Å². The zero-order chi connectivity index (χ0) is 11.3. The first-order valence-electron chi connectivity index (χ1n) is 5.20. The number of nitrogens with zero attached hydrogens (tertiary/aromatic N) is 1. The highest BCUT2D eigenvalue weighted by atomic mass is 32.2. The van der Waals surface area contributed by atoms with Gasteiger partial charge in [0.05, 0.1) is 0 Å². The Morgan fingerprint density at radius 3 is 2.13 bits per heavy atom. The van der Waals surface area contributed by atoms with E-state index in [1.165, 1.54) is 4.90 Å². The molecule has 0 fully saturated rings. The number of hydrogen-bond donors (Lipinski definition) is 1. The topological polar surface area (TPSA) is 27.1 Å². The quantitative estimate of drug-likeness (QED) is 0.481. The van der Waals surface area contributed by atoms with Crippen molar-refractivity contribution in [2.45, 2.75) is 18.7 Å². The summed E-state index contributed by atoms with van der Waals surface area (Å²) in [5.74, 6) is 0.618. The van der Waals surface area contributed by atoms with E-state index in [1.54, 1.807) is 11.8 Å². The van der Waals surface area contributed by atoms with Gasteiger partial charge >= 0.3 is 0 Å². The normalized spacial score (nSPS) is 10.1. The largest absolute Gasteiger partial charge is 0.357 e. The lowest BCUT2D eigenvalue weighted by atomic mass is 10.2. The van der Waals surface area contributed by atoms with Crippen LogP contribution in [0.5, 0.6) is 0 Å². The predicted molar refractivity (Wildman–Crippen MR) is 68.0 cm³/mol. The lowest BCUT2D eigenvalue weighted by Crippen LogP contribution is -2.30. The maximum Gasteiger partial charge on any atom is 0.128 e. The molecule has 15 heavy (non-hydrogen) atoms. The molecule has 0 aliphatic heterocycles. The van der Waals surface area contributed by atoms with Crippen LogP contribution in [0.3, 0.4) is 0 Å². The smallest absolute Gasteiger partial charge is 0.128 e. The number of thioether (sulfide) groups is 1. The van der Waals surface area contributed by atoms with Crippen LogP contribution >= 0.6 is 11.8 Å². The summed E-state index contributed by atoms with van der Waals surface area (Å²) < 4.78 is 0. The SMILES string of the molecule is CCN(CC)C(=N)c1ccc(SC)cc1. The molecular formula is C12H18N2S. The minimum Gasteiger partial charge on any atom is -0.357 e.